The molecule has 33 heavy (non-hydrogen) atoms. The zero-order chi connectivity index (χ0) is 23.2. The smallest absolute Gasteiger partial charge is 0.140 e. The van der Waals surface area contributed by atoms with E-state index < -0.39 is 0 Å². The molecule has 0 aliphatic carbocycles. The molecule has 0 bridgehead atoms. The van der Waals surface area contributed by atoms with Crippen LogP contribution in [-0.4, -0.2) is 27.6 Å². The fourth-order valence-electron chi connectivity index (χ4n) is 4.41. The first-order chi connectivity index (χ1) is 16.0. The molecule has 3 aromatic rings. The standard InChI is InChI=1S/C28H36FN3O/c1-4-5-14-32-26(18-30-28(32)23-7-9-25(29)10-8-23)20-31(15-12-21(2)3)19-22-6-11-27-24(17-22)13-16-33-27/h6-11,17-18,21H,4-5,12-16,19-20H2,1-3H3. The number of halogens is 1. The van der Waals surface area contributed by atoms with Crippen molar-refractivity contribution >= 4 is 0 Å². The second kappa shape index (κ2) is 11.0. The molecule has 1 aliphatic heterocycles. The summed E-state index contributed by atoms with van der Waals surface area (Å²) in [6.07, 6.45) is 6.37. The molecule has 2 aromatic carbocycles. The SMILES string of the molecule is CCCCn1c(CN(CCC(C)C)Cc2ccc3c(c2)CCO3)cnc1-c1ccc(F)cc1. The van der Waals surface area contributed by atoms with Gasteiger partial charge >= 0.3 is 0 Å². The van der Waals surface area contributed by atoms with Gasteiger partial charge in [0.1, 0.15) is 17.4 Å². The van der Waals surface area contributed by atoms with Crippen LogP contribution in [0.3, 0.4) is 0 Å². The molecule has 5 heteroatoms. The number of hydrogen-bond acceptors (Lipinski definition) is 3. The average Bonchev–Trinajstić information content (AvgIpc) is 3.43. The lowest BCUT2D eigenvalue weighted by molar-refractivity contribution is 0.235. The van der Waals surface area contributed by atoms with Crippen molar-refractivity contribution in [3.8, 4) is 17.1 Å². The Bertz CT molecular complexity index is 1040. The summed E-state index contributed by atoms with van der Waals surface area (Å²) in [7, 11) is 0. The summed E-state index contributed by atoms with van der Waals surface area (Å²) in [6.45, 7) is 11.3. The predicted molar refractivity (Wildman–Crippen MR) is 132 cm³/mol. The zero-order valence-corrected chi connectivity index (χ0v) is 20.2. The summed E-state index contributed by atoms with van der Waals surface area (Å²) >= 11 is 0. The minimum atomic E-state index is -0.217. The quantitative estimate of drug-likeness (QED) is 0.336. The van der Waals surface area contributed by atoms with Gasteiger partial charge in [0.15, 0.2) is 0 Å². The van der Waals surface area contributed by atoms with Crippen LogP contribution in [0.25, 0.3) is 11.4 Å². The summed E-state index contributed by atoms with van der Waals surface area (Å²) in [5, 5.41) is 0. The van der Waals surface area contributed by atoms with Gasteiger partial charge in [-0.15, -0.1) is 0 Å². The summed E-state index contributed by atoms with van der Waals surface area (Å²) in [4.78, 5) is 7.30. The molecule has 0 fully saturated rings. The topological polar surface area (TPSA) is 30.3 Å². The molecule has 0 radical (unpaired) electrons. The maximum Gasteiger partial charge on any atom is 0.140 e. The van der Waals surface area contributed by atoms with Crippen molar-refractivity contribution in [1.29, 1.82) is 0 Å². The summed E-state index contributed by atoms with van der Waals surface area (Å²) in [5.74, 6) is 2.40. The zero-order valence-electron chi connectivity index (χ0n) is 20.2. The lowest BCUT2D eigenvalue weighted by Gasteiger charge is -2.24. The van der Waals surface area contributed by atoms with Crippen LogP contribution in [-0.2, 0) is 26.1 Å². The Balaban J connectivity index is 1.58. The summed E-state index contributed by atoms with van der Waals surface area (Å²) in [6, 6.07) is 13.3. The predicted octanol–water partition coefficient (Wildman–Crippen LogP) is 6.47. The highest BCUT2D eigenvalue weighted by molar-refractivity contribution is 5.56. The van der Waals surface area contributed by atoms with E-state index in [1.165, 1.54) is 29.0 Å². The molecule has 0 spiro atoms. The van der Waals surface area contributed by atoms with Crippen LogP contribution in [0.2, 0.25) is 0 Å². The second-order valence-corrected chi connectivity index (χ2v) is 9.52. The van der Waals surface area contributed by atoms with Gasteiger partial charge in [-0.2, -0.15) is 0 Å². The lowest BCUT2D eigenvalue weighted by Crippen LogP contribution is -2.26. The molecule has 0 amide bonds. The van der Waals surface area contributed by atoms with Crippen molar-refractivity contribution in [2.75, 3.05) is 13.2 Å². The Kier molecular flexibility index (Phi) is 7.81. The average molecular weight is 450 g/mol. The maximum absolute atomic E-state index is 13.5. The van der Waals surface area contributed by atoms with Crippen LogP contribution in [0.5, 0.6) is 5.75 Å². The molecule has 0 saturated carbocycles. The van der Waals surface area contributed by atoms with Gasteiger partial charge in [0.25, 0.3) is 0 Å². The van der Waals surface area contributed by atoms with E-state index in [4.69, 9.17) is 9.72 Å². The summed E-state index contributed by atoms with van der Waals surface area (Å²) < 4.78 is 21.5. The van der Waals surface area contributed by atoms with Crippen LogP contribution >= 0.6 is 0 Å². The largest absolute Gasteiger partial charge is 0.493 e. The number of aromatic nitrogens is 2. The molecule has 0 saturated heterocycles. The van der Waals surface area contributed by atoms with Gasteiger partial charge in [-0.3, -0.25) is 4.90 Å². The van der Waals surface area contributed by atoms with E-state index in [0.717, 1.165) is 75.6 Å². The highest BCUT2D eigenvalue weighted by Gasteiger charge is 2.17. The van der Waals surface area contributed by atoms with Crippen molar-refractivity contribution in [1.82, 2.24) is 14.5 Å². The van der Waals surface area contributed by atoms with Crippen molar-refractivity contribution in [3.05, 3.63) is 71.3 Å². The van der Waals surface area contributed by atoms with Gasteiger partial charge < -0.3 is 9.30 Å². The van der Waals surface area contributed by atoms with Crippen LogP contribution in [0.4, 0.5) is 4.39 Å². The van der Waals surface area contributed by atoms with E-state index in [0.29, 0.717) is 5.92 Å². The van der Waals surface area contributed by atoms with Gasteiger partial charge in [0.05, 0.1) is 18.5 Å². The van der Waals surface area contributed by atoms with Gasteiger partial charge in [-0.1, -0.05) is 39.3 Å². The second-order valence-electron chi connectivity index (χ2n) is 9.52. The Morgan fingerprint density at radius 3 is 2.70 bits per heavy atom. The van der Waals surface area contributed by atoms with Gasteiger partial charge in [-0.25, -0.2) is 9.37 Å². The number of rotatable bonds is 11. The third kappa shape index (κ3) is 6.02. The maximum atomic E-state index is 13.5. The Hall–Kier alpha value is -2.66. The highest BCUT2D eigenvalue weighted by atomic mass is 19.1. The molecule has 2 heterocycles. The first-order valence-corrected chi connectivity index (χ1v) is 12.3. The van der Waals surface area contributed by atoms with E-state index in [-0.39, 0.29) is 5.82 Å². The van der Waals surface area contributed by atoms with E-state index >= 15 is 0 Å². The first kappa shape index (κ1) is 23.5. The molecule has 0 atom stereocenters. The fraction of sp³-hybridized carbons (Fsp3) is 0.464. The van der Waals surface area contributed by atoms with Gasteiger partial charge in [0, 0.05) is 31.6 Å². The minimum absolute atomic E-state index is 0.217. The Morgan fingerprint density at radius 1 is 1.12 bits per heavy atom. The minimum Gasteiger partial charge on any atom is -0.493 e. The number of imidazole rings is 1. The van der Waals surface area contributed by atoms with E-state index in [9.17, 15) is 4.39 Å². The third-order valence-electron chi connectivity index (χ3n) is 6.34. The van der Waals surface area contributed by atoms with Crippen molar-refractivity contribution < 1.29 is 9.13 Å². The van der Waals surface area contributed by atoms with Crippen LogP contribution < -0.4 is 4.74 Å². The van der Waals surface area contributed by atoms with Crippen molar-refractivity contribution in [3.63, 3.8) is 0 Å². The number of unbranched alkanes of at least 4 members (excludes halogenated alkanes) is 1. The molecule has 0 N–H and O–H groups in total. The molecular formula is C28H36FN3O. The molecule has 4 rings (SSSR count). The monoisotopic (exact) mass is 449 g/mol. The molecule has 4 nitrogen and oxygen atoms in total. The van der Waals surface area contributed by atoms with Crippen LogP contribution in [0, 0.1) is 11.7 Å². The Morgan fingerprint density at radius 2 is 1.94 bits per heavy atom. The molecule has 1 aliphatic rings. The normalized spacial score (nSPS) is 13.0. The van der Waals surface area contributed by atoms with Crippen LogP contribution in [0.1, 0.15) is 56.9 Å². The van der Waals surface area contributed by atoms with E-state index in [1.54, 1.807) is 0 Å². The van der Waals surface area contributed by atoms with Gasteiger partial charge in [-0.05, 0) is 66.8 Å². The fourth-order valence-corrected chi connectivity index (χ4v) is 4.41. The number of fused-ring (bicyclic) bond motifs is 1. The highest BCUT2D eigenvalue weighted by Crippen LogP contribution is 2.27. The van der Waals surface area contributed by atoms with Crippen molar-refractivity contribution in [2.45, 2.75) is 66.1 Å². The molecule has 0 unspecified atom stereocenters. The van der Waals surface area contributed by atoms with E-state index in [1.807, 2.05) is 18.3 Å². The number of hydrogen-bond donors (Lipinski definition) is 0. The molecule has 176 valence electrons. The van der Waals surface area contributed by atoms with Crippen molar-refractivity contribution in [2.24, 2.45) is 5.92 Å². The number of benzene rings is 2. The Labute approximate surface area is 197 Å². The van der Waals surface area contributed by atoms with Crippen LogP contribution in [0.15, 0.2) is 48.7 Å². The summed E-state index contributed by atoms with van der Waals surface area (Å²) in [5.41, 5.74) is 4.84. The van der Waals surface area contributed by atoms with Gasteiger partial charge in [0.2, 0.25) is 0 Å². The molecular weight excluding hydrogens is 413 g/mol. The number of nitrogens with zero attached hydrogens (tertiary/aromatic N) is 3. The lowest BCUT2D eigenvalue weighted by atomic mass is 10.1. The van der Waals surface area contributed by atoms with E-state index in [2.05, 4.69) is 48.4 Å². The first-order valence-electron chi connectivity index (χ1n) is 12.3. The number of ether oxygens (including phenoxy) is 1. The third-order valence-corrected chi connectivity index (χ3v) is 6.34. The molecule has 1 aromatic heterocycles.